The van der Waals surface area contributed by atoms with E-state index < -0.39 is 17.4 Å². The minimum atomic E-state index is -1.50. The Balaban J connectivity index is 3.05. The van der Waals surface area contributed by atoms with Crippen molar-refractivity contribution in [2.45, 2.75) is 19.4 Å². The molecule has 1 unspecified atom stereocenters. The fourth-order valence-electron chi connectivity index (χ4n) is 1.14. The molecule has 1 aromatic rings. The summed E-state index contributed by atoms with van der Waals surface area (Å²) in [5, 5.41) is 11.3. The number of rotatable bonds is 3. The topological polar surface area (TPSA) is 79.5 Å². The summed E-state index contributed by atoms with van der Waals surface area (Å²) in [7, 11) is 0. The van der Waals surface area contributed by atoms with E-state index in [1.807, 2.05) is 0 Å². The van der Waals surface area contributed by atoms with Crippen LogP contribution in [-0.4, -0.2) is 17.0 Å². The van der Waals surface area contributed by atoms with E-state index in [4.69, 9.17) is 9.52 Å². The van der Waals surface area contributed by atoms with E-state index in [0.29, 0.717) is 0 Å². The lowest BCUT2D eigenvalue weighted by molar-refractivity contribution is -0.147. The smallest absolute Gasteiger partial charge is 0.337 e. The second-order valence-corrected chi connectivity index (χ2v) is 3.09. The number of aliphatic carboxylic acids is 1. The number of furan rings is 1. The Morgan fingerprint density at radius 3 is 2.57 bits per heavy atom. The van der Waals surface area contributed by atoms with Crippen LogP contribution in [0.25, 0.3) is 0 Å². The van der Waals surface area contributed by atoms with Gasteiger partial charge in [-0.1, -0.05) is 0 Å². The Morgan fingerprint density at radius 1 is 1.57 bits per heavy atom. The third kappa shape index (κ3) is 1.76. The average molecular weight is 197 g/mol. The van der Waals surface area contributed by atoms with Crippen molar-refractivity contribution in [3.8, 4) is 0 Å². The Hall–Kier alpha value is -1.78. The highest BCUT2D eigenvalue weighted by Gasteiger charge is 2.38. The third-order valence-electron chi connectivity index (χ3n) is 1.87. The number of carbonyl (C=O) groups excluding carboxylic acids is 1. The number of nitrogens with one attached hydrogen (secondary N) is 1. The molecule has 1 rings (SSSR count). The summed E-state index contributed by atoms with van der Waals surface area (Å²) in [6.45, 7) is 2.62. The lowest BCUT2D eigenvalue weighted by atomic mass is 9.99. The molecule has 0 aliphatic carbocycles. The summed E-state index contributed by atoms with van der Waals surface area (Å²) in [5.74, 6) is -1.39. The minimum Gasteiger partial charge on any atom is -0.479 e. The van der Waals surface area contributed by atoms with Gasteiger partial charge >= 0.3 is 5.97 Å². The van der Waals surface area contributed by atoms with Crippen LogP contribution in [0.2, 0.25) is 0 Å². The van der Waals surface area contributed by atoms with Gasteiger partial charge in [-0.3, -0.25) is 4.79 Å². The zero-order valence-corrected chi connectivity index (χ0v) is 7.90. The molecular weight excluding hydrogens is 186 g/mol. The van der Waals surface area contributed by atoms with Crippen LogP contribution >= 0.6 is 0 Å². The molecule has 0 radical (unpaired) electrons. The molecule has 5 heteroatoms. The summed E-state index contributed by atoms with van der Waals surface area (Å²) in [6, 6.07) is 3.07. The number of carboxylic acid groups (broad SMARTS) is 1. The molecule has 1 aromatic heterocycles. The number of carboxylic acids is 1. The standard InChI is InChI=1S/C9H11NO4/c1-6(11)10-9(2,8(12)13)7-4-3-5-14-7/h3-5H,1-2H3,(H,10,11)(H,12,13). The van der Waals surface area contributed by atoms with E-state index in [1.165, 1.54) is 26.2 Å². The van der Waals surface area contributed by atoms with Crippen LogP contribution in [-0.2, 0) is 15.1 Å². The molecule has 0 aliphatic rings. The van der Waals surface area contributed by atoms with Gasteiger partial charge in [0.05, 0.1) is 6.26 Å². The summed E-state index contributed by atoms with van der Waals surface area (Å²) >= 11 is 0. The van der Waals surface area contributed by atoms with E-state index in [-0.39, 0.29) is 5.76 Å². The molecule has 0 fully saturated rings. The second-order valence-electron chi connectivity index (χ2n) is 3.09. The van der Waals surface area contributed by atoms with Gasteiger partial charge in [0.15, 0.2) is 5.54 Å². The monoisotopic (exact) mass is 197 g/mol. The first-order valence-electron chi connectivity index (χ1n) is 4.03. The molecule has 14 heavy (non-hydrogen) atoms. The Bertz CT molecular complexity index is 344. The summed E-state index contributed by atoms with van der Waals surface area (Å²) in [6.07, 6.45) is 1.36. The number of hydrogen-bond acceptors (Lipinski definition) is 3. The van der Waals surface area contributed by atoms with E-state index in [2.05, 4.69) is 5.32 Å². The van der Waals surface area contributed by atoms with Gasteiger partial charge in [-0.2, -0.15) is 0 Å². The SMILES string of the molecule is CC(=O)NC(C)(C(=O)O)c1ccco1. The van der Waals surface area contributed by atoms with Gasteiger partial charge in [0.25, 0.3) is 0 Å². The van der Waals surface area contributed by atoms with Gasteiger partial charge in [-0.15, -0.1) is 0 Å². The Kier molecular flexibility index (Phi) is 2.60. The molecule has 2 N–H and O–H groups in total. The van der Waals surface area contributed by atoms with E-state index in [1.54, 1.807) is 6.07 Å². The molecule has 0 aliphatic heterocycles. The second kappa shape index (κ2) is 3.53. The predicted octanol–water partition coefficient (Wildman–Crippen LogP) is 0.715. The highest BCUT2D eigenvalue weighted by atomic mass is 16.4. The Labute approximate surface area is 80.7 Å². The van der Waals surface area contributed by atoms with Gasteiger partial charge in [-0.05, 0) is 19.1 Å². The maximum atomic E-state index is 11.0. The highest BCUT2D eigenvalue weighted by molar-refractivity contribution is 5.86. The minimum absolute atomic E-state index is 0.195. The van der Waals surface area contributed by atoms with Crippen LogP contribution in [0.5, 0.6) is 0 Å². The van der Waals surface area contributed by atoms with Crippen molar-refractivity contribution < 1.29 is 19.1 Å². The van der Waals surface area contributed by atoms with Crippen molar-refractivity contribution in [1.82, 2.24) is 5.32 Å². The predicted molar refractivity (Wildman–Crippen MR) is 47.5 cm³/mol. The molecule has 1 heterocycles. The maximum Gasteiger partial charge on any atom is 0.337 e. The van der Waals surface area contributed by atoms with Crippen LogP contribution in [0.15, 0.2) is 22.8 Å². The fourth-order valence-corrected chi connectivity index (χ4v) is 1.14. The van der Waals surface area contributed by atoms with Crippen LogP contribution in [0.1, 0.15) is 19.6 Å². The first-order valence-corrected chi connectivity index (χ1v) is 4.03. The van der Waals surface area contributed by atoms with Crippen molar-refractivity contribution in [3.63, 3.8) is 0 Å². The highest BCUT2D eigenvalue weighted by Crippen LogP contribution is 2.21. The Morgan fingerprint density at radius 2 is 2.21 bits per heavy atom. The van der Waals surface area contributed by atoms with Crippen LogP contribution in [0.4, 0.5) is 0 Å². The van der Waals surface area contributed by atoms with Gasteiger partial charge in [-0.25, -0.2) is 4.79 Å². The van der Waals surface area contributed by atoms with E-state index in [9.17, 15) is 9.59 Å². The normalized spacial score (nSPS) is 14.4. The van der Waals surface area contributed by atoms with Crippen molar-refractivity contribution in [3.05, 3.63) is 24.2 Å². The first-order chi connectivity index (χ1) is 6.47. The van der Waals surface area contributed by atoms with Gasteiger partial charge in [0, 0.05) is 6.92 Å². The molecule has 0 saturated heterocycles. The van der Waals surface area contributed by atoms with Crippen molar-refractivity contribution in [2.24, 2.45) is 0 Å². The molecule has 1 atom stereocenters. The van der Waals surface area contributed by atoms with E-state index in [0.717, 1.165) is 0 Å². The molecule has 5 nitrogen and oxygen atoms in total. The molecule has 76 valence electrons. The van der Waals surface area contributed by atoms with E-state index >= 15 is 0 Å². The zero-order chi connectivity index (χ0) is 10.8. The van der Waals surface area contributed by atoms with Crippen LogP contribution in [0.3, 0.4) is 0 Å². The maximum absolute atomic E-state index is 11.0. The zero-order valence-electron chi connectivity index (χ0n) is 7.90. The van der Waals surface area contributed by atoms with Crippen LogP contribution < -0.4 is 5.32 Å². The largest absolute Gasteiger partial charge is 0.479 e. The molecule has 1 amide bonds. The fraction of sp³-hybridized carbons (Fsp3) is 0.333. The summed E-state index contributed by atoms with van der Waals surface area (Å²) in [4.78, 5) is 21.8. The summed E-state index contributed by atoms with van der Waals surface area (Å²) < 4.78 is 4.97. The molecule has 0 aromatic carbocycles. The van der Waals surface area contributed by atoms with Crippen molar-refractivity contribution in [1.29, 1.82) is 0 Å². The number of carbonyl (C=O) groups is 2. The number of hydrogen-bond donors (Lipinski definition) is 2. The first kappa shape index (κ1) is 10.3. The van der Waals surface area contributed by atoms with Crippen molar-refractivity contribution in [2.75, 3.05) is 0 Å². The van der Waals surface area contributed by atoms with Crippen LogP contribution in [0, 0.1) is 0 Å². The number of amides is 1. The molecule has 0 bridgehead atoms. The summed E-state index contributed by atoms with van der Waals surface area (Å²) in [5.41, 5.74) is -1.50. The molecule has 0 saturated carbocycles. The average Bonchev–Trinajstić information content (AvgIpc) is 2.53. The lowest BCUT2D eigenvalue weighted by Gasteiger charge is -2.22. The third-order valence-corrected chi connectivity index (χ3v) is 1.87. The van der Waals surface area contributed by atoms with Gasteiger partial charge < -0.3 is 14.8 Å². The molecule has 0 spiro atoms. The van der Waals surface area contributed by atoms with Gasteiger partial charge in [0.2, 0.25) is 5.91 Å². The van der Waals surface area contributed by atoms with Gasteiger partial charge in [0.1, 0.15) is 5.76 Å². The van der Waals surface area contributed by atoms with Crippen molar-refractivity contribution >= 4 is 11.9 Å². The molecular formula is C9H11NO4. The lowest BCUT2D eigenvalue weighted by Crippen LogP contribution is -2.48. The quantitative estimate of drug-likeness (QED) is 0.748.